The van der Waals surface area contributed by atoms with Gasteiger partial charge in [0.2, 0.25) is 0 Å². The van der Waals surface area contributed by atoms with Gasteiger partial charge < -0.3 is 14.8 Å². The smallest absolute Gasteiger partial charge is 0.310 e. The molecule has 138 valence electrons. The number of carbonyl (C=O) groups is 2. The number of anilines is 1. The zero-order chi connectivity index (χ0) is 19.1. The molecule has 2 rings (SSSR count). The van der Waals surface area contributed by atoms with E-state index in [9.17, 15) is 9.59 Å². The van der Waals surface area contributed by atoms with Crippen LogP contribution in [0.15, 0.2) is 42.5 Å². The van der Waals surface area contributed by atoms with Crippen LogP contribution in [0.3, 0.4) is 0 Å². The van der Waals surface area contributed by atoms with Crippen molar-refractivity contribution in [2.24, 2.45) is 0 Å². The number of hydrogen-bond donors (Lipinski definition) is 1. The SMILES string of the molecule is Cc1cccc(OCCC(=O)OC(C)C(=O)Nc2ccc(Cl)cc2Cl)c1. The number of halogens is 2. The van der Waals surface area contributed by atoms with Crippen molar-refractivity contribution in [1.82, 2.24) is 0 Å². The Kier molecular flexibility index (Phi) is 7.30. The number of aryl methyl sites for hydroxylation is 1. The van der Waals surface area contributed by atoms with Gasteiger partial charge in [-0.3, -0.25) is 9.59 Å². The monoisotopic (exact) mass is 395 g/mol. The van der Waals surface area contributed by atoms with E-state index in [4.69, 9.17) is 32.7 Å². The van der Waals surface area contributed by atoms with E-state index >= 15 is 0 Å². The van der Waals surface area contributed by atoms with E-state index in [1.165, 1.54) is 13.0 Å². The molecule has 0 fully saturated rings. The second-order valence-electron chi connectivity index (χ2n) is 5.66. The Balaban J connectivity index is 1.77. The van der Waals surface area contributed by atoms with Gasteiger partial charge >= 0.3 is 5.97 Å². The van der Waals surface area contributed by atoms with Crippen LogP contribution >= 0.6 is 23.2 Å². The zero-order valence-corrected chi connectivity index (χ0v) is 15.9. The highest BCUT2D eigenvalue weighted by atomic mass is 35.5. The molecular weight excluding hydrogens is 377 g/mol. The average molecular weight is 396 g/mol. The van der Waals surface area contributed by atoms with E-state index in [1.54, 1.807) is 12.1 Å². The van der Waals surface area contributed by atoms with Crippen molar-refractivity contribution in [2.75, 3.05) is 11.9 Å². The third-order valence-corrected chi connectivity index (χ3v) is 3.98. The van der Waals surface area contributed by atoms with Crippen molar-refractivity contribution < 1.29 is 19.1 Å². The number of benzene rings is 2. The summed E-state index contributed by atoms with van der Waals surface area (Å²) < 4.78 is 10.6. The Bertz CT molecular complexity index is 795. The minimum atomic E-state index is -0.965. The molecule has 0 aliphatic carbocycles. The van der Waals surface area contributed by atoms with Crippen molar-refractivity contribution in [3.05, 3.63) is 58.1 Å². The molecule has 2 aromatic carbocycles. The van der Waals surface area contributed by atoms with E-state index in [0.29, 0.717) is 21.5 Å². The van der Waals surface area contributed by atoms with Gasteiger partial charge in [0, 0.05) is 5.02 Å². The topological polar surface area (TPSA) is 64.6 Å². The molecule has 7 heteroatoms. The third kappa shape index (κ3) is 6.24. The van der Waals surface area contributed by atoms with Crippen LogP contribution in [0.2, 0.25) is 10.0 Å². The van der Waals surface area contributed by atoms with Crippen LogP contribution < -0.4 is 10.1 Å². The lowest BCUT2D eigenvalue weighted by molar-refractivity contribution is -0.153. The Hall–Kier alpha value is -2.24. The molecule has 0 radical (unpaired) electrons. The lowest BCUT2D eigenvalue weighted by atomic mass is 10.2. The fourth-order valence-electron chi connectivity index (χ4n) is 2.09. The molecule has 0 aliphatic heterocycles. The number of esters is 1. The summed E-state index contributed by atoms with van der Waals surface area (Å²) in [6, 6.07) is 12.2. The highest BCUT2D eigenvalue weighted by Gasteiger charge is 2.19. The molecule has 26 heavy (non-hydrogen) atoms. The van der Waals surface area contributed by atoms with Crippen molar-refractivity contribution in [1.29, 1.82) is 0 Å². The lowest BCUT2D eigenvalue weighted by Crippen LogP contribution is -2.30. The molecule has 0 bridgehead atoms. The Morgan fingerprint density at radius 1 is 1.15 bits per heavy atom. The summed E-state index contributed by atoms with van der Waals surface area (Å²) in [6.45, 7) is 3.60. The van der Waals surface area contributed by atoms with Gasteiger partial charge in [0.25, 0.3) is 5.91 Å². The van der Waals surface area contributed by atoms with Crippen LogP contribution in [0.5, 0.6) is 5.75 Å². The first-order valence-corrected chi connectivity index (χ1v) is 8.75. The van der Waals surface area contributed by atoms with Crippen molar-refractivity contribution in [2.45, 2.75) is 26.4 Å². The fraction of sp³-hybridized carbons (Fsp3) is 0.263. The average Bonchev–Trinajstić information content (AvgIpc) is 2.57. The van der Waals surface area contributed by atoms with Gasteiger partial charge in [0.05, 0.1) is 23.7 Å². The molecule has 0 aromatic heterocycles. The maximum atomic E-state index is 12.1. The van der Waals surface area contributed by atoms with Crippen LogP contribution in [-0.2, 0) is 14.3 Å². The normalized spacial score (nSPS) is 11.5. The first kappa shape index (κ1) is 20.1. The van der Waals surface area contributed by atoms with Gasteiger partial charge in [-0.05, 0) is 49.7 Å². The van der Waals surface area contributed by atoms with Gasteiger partial charge in [0.15, 0.2) is 6.10 Å². The van der Waals surface area contributed by atoms with Crippen LogP contribution in [0, 0.1) is 6.92 Å². The van der Waals surface area contributed by atoms with Gasteiger partial charge in [0.1, 0.15) is 5.75 Å². The van der Waals surface area contributed by atoms with Crippen molar-refractivity contribution in [3.63, 3.8) is 0 Å². The molecular formula is C19H19Cl2NO4. The Labute approximate surface area is 162 Å². The third-order valence-electron chi connectivity index (χ3n) is 3.43. The van der Waals surface area contributed by atoms with E-state index in [-0.39, 0.29) is 13.0 Å². The molecule has 0 saturated carbocycles. The zero-order valence-electron chi connectivity index (χ0n) is 14.4. The first-order valence-electron chi connectivity index (χ1n) is 8.00. The number of hydrogen-bond acceptors (Lipinski definition) is 4. The minimum absolute atomic E-state index is 0.0350. The fourth-order valence-corrected chi connectivity index (χ4v) is 2.55. The summed E-state index contributed by atoms with van der Waals surface area (Å²) in [7, 11) is 0. The second-order valence-corrected chi connectivity index (χ2v) is 6.50. The van der Waals surface area contributed by atoms with Gasteiger partial charge in [-0.25, -0.2) is 0 Å². The first-order chi connectivity index (χ1) is 12.3. The Morgan fingerprint density at radius 2 is 1.92 bits per heavy atom. The summed E-state index contributed by atoms with van der Waals surface area (Å²) in [4.78, 5) is 24.0. The summed E-state index contributed by atoms with van der Waals surface area (Å²) in [5, 5.41) is 3.35. The van der Waals surface area contributed by atoms with Gasteiger partial charge in [-0.15, -0.1) is 0 Å². The largest absolute Gasteiger partial charge is 0.493 e. The number of amides is 1. The highest BCUT2D eigenvalue weighted by Crippen LogP contribution is 2.25. The van der Waals surface area contributed by atoms with Crippen LogP contribution in [0.4, 0.5) is 5.69 Å². The van der Waals surface area contributed by atoms with Gasteiger partial charge in [-0.2, -0.15) is 0 Å². The lowest BCUT2D eigenvalue weighted by Gasteiger charge is -2.14. The van der Waals surface area contributed by atoms with Gasteiger partial charge in [-0.1, -0.05) is 35.3 Å². The van der Waals surface area contributed by atoms with E-state index in [1.807, 2.05) is 31.2 Å². The van der Waals surface area contributed by atoms with E-state index < -0.39 is 18.0 Å². The summed E-state index contributed by atoms with van der Waals surface area (Å²) in [5.41, 5.74) is 1.46. The number of nitrogens with one attached hydrogen (secondary N) is 1. The molecule has 0 spiro atoms. The molecule has 2 aromatic rings. The standard InChI is InChI=1S/C19H19Cl2NO4/c1-12-4-3-5-15(10-12)25-9-8-18(23)26-13(2)19(24)22-17-7-6-14(20)11-16(17)21/h3-7,10-11,13H,8-9H2,1-2H3,(H,22,24). The minimum Gasteiger partial charge on any atom is -0.493 e. The summed E-state index contributed by atoms with van der Waals surface area (Å²) in [5.74, 6) is -0.328. The maximum Gasteiger partial charge on any atom is 0.310 e. The molecule has 0 saturated heterocycles. The molecule has 5 nitrogen and oxygen atoms in total. The maximum absolute atomic E-state index is 12.1. The van der Waals surface area contributed by atoms with Crippen LogP contribution in [-0.4, -0.2) is 24.6 Å². The predicted octanol–water partition coefficient (Wildman–Crippen LogP) is 4.64. The quantitative estimate of drug-likeness (QED) is 0.693. The molecule has 0 heterocycles. The van der Waals surface area contributed by atoms with E-state index in [0.717, 1.165) is 5.56 Å². The predicted molar refractivity (Wildman–Crippen MR) is 102 cm³/mol. The van der Waals surface area contributed by atoms with Crippen molar-refractivity contribution >= 4 is 40.8 Å². The number of rotatable bonds is 7. The summed E-state index contributed by atoms with van der Waals surface area (Å²) in [6.07, 6.45) is -0.930. The second kappa shape index (κ2) is 9.46. The number of carbonyl (C=O) groups excluding carboxylic acids is 2. The Morgan fingerprint density at radius 3 is 2.62 bits per heavy atom. The molecule has 0 aliphatic rings. The van der Waals surface area contributed by atoms with Crippen LogP contribution in [0.25, 0.3) is 0 Å². The molecule has 1 unspecified atom stereocenters. The van der Waals surface area contributed by atoms with Crippen LogP contribution in [0.1, 0.15) is 18.9 Å². The molecule has 1 amide bonds. The molecule has 1 N–H and O–H groups in total. The highest BCUT2D eigenvalue weighted by molar-refractivity contribution is 6.36. The van der Waals surface area contributed by atoms with Crippen molar-refractivity contribution in [3.8, 4) is 5.75 Å². The number of ether oxygens (including phenoxy) is 2. The molecule has 1 atom stereocenters. The summed E-state index contributed by atoms with van der Waals surface area (Å²) >= 11 is 11.8. The van der Waals surface area contributed by atoms with E-state index in [2.05, 4.69) is 5.32 Å².